The van der Waals surface area contributed by atoms with E-state index in [1.165, 1.54) is 0 Å². The van der Waals surface area contributed by atoms with Gasteiger partial charge in [0.25, 0.3) is 5.91 Å². The van der Waals surface area contributed by atoms with Gasteiger partial charge in [-0.3, -0.25) is 9.20 Å². The van der Waals surface area contributed by atoms with Crippen LogP contribution in [-0.4, -0.2) is 20.5 Å². The molecule has 0 aliphatic heterocycles. The van der Waals surface area contributed by atoms with Gasteiger partial charge in [0.1, 0.15) is 5.82 Å². The molecule has 21 heavy (non-hydrogen) atoms. The summed E-state index contributed by atoms with van der Waals surface area (Å²) in [5.41, 5.74) is 1.63. The highest BCUT2D eigenvalue weighted by molar-refractivity contribution is 6.35. The van der Waals surface area contributed by atoms with Crippen LogP contribution in [0.25, 0.3) is 5.65 Å². The SMILES string of the molecule is Cc1nnc2cc(C(=O)Nc3cc(Cl)cc(Cl)c3)ccn12. The number of amides is 1. The van der Waals surface area contributed by atoms with E-state index in [0.29, 0.717) is 26.9 Å². The van der Waals surface area contributed by atoms with E-state index >= 15 is 0 Å². The number of aryl methyl sites for hydroxylation is 1. The van der Waals surface area contributed by atoms with Crippen LogP contribution in [0.15, 0.2) is 36.5 Å². The van der Waals surface area contributed by atoms with Gasteiger partial charge in [-0.15, -0.1) is 10.2 Å². The topological polar surface area (TPSA) is 59.3 Å². The van der Waals surface area contributed by atoms with E-state index in [9.17, 15) is 4.79 Å². The molecule has 3 rings (SSSR count). The van der Waals surface area contributed by atoms with Crippen molar-refractivity contribution in [1.29, 1.82) is 0 Å². The van der Waals surface area contributed by atoms with Gasteiger partial charge in [0.2, 0.25) is 0 Å². The Bertz CT molecular complexity index is 824. The number of halogens is 2. The minimum absolute atomic E-state index is 0.267. The monoisotopic (exact) mass is 320 g/mol. The van der Waals surface area contributed by atoms with Gasteiger partial charge in [0.15, 0.2) is 5.65 Å². The Morgan fingerprint density at radius 1 is 1.14 bits per heavy atom. The summed E-state index contributed by atoms with van der Waals surface area (Å²) < 4.78 is 1.80. The smallest absolute Gasteiger partial charge is 0.255 e. The lowest BCUT2D eigenvalue weighted by Gasteiger charge is -2.06. The summed E-state index contributed by atoms with van der Waals surface area (Å²) in [5, 5.41) is 11.6. The number of rotatable bonds is 2. The maximum atomic E-state index is 12.2. The largest absolute Gasteiger partial charge is 0.322 e. The van der Waals surface area contributed by atoms with Crippen LogP contribution in [0.4, 0.5) is 5.69 Å². The van der Waals surface area contributed by atoms with Gasteiger partial charge >= 0.3 is 0 Å². The third kappa shape index (κ3) is 2.84. The molecule has 5 nitrogen and oxygen atoms in total. The number of fused-ring (bicyclic) bond motifs is 1. The van der Waals surface area contributed by atoms with Gasteiger partial charge in [-0.25, -0.2) is 0 Å². The van der Waals surface area contributed by atoms with E-state index in [0.717, 1.165) is 5.82 Å². The predicted octanol–water partition coefficient (Wildman–Crippen LogP) is 3.60. The van der Waals surface area contributed by atoms with Gasteiger partial charge in [0.05, 0.1) is 0 Å². The molecule has 2 aromatic heterocycles. The standard InChI is InChI=1S/C14H10Cl2N4O/c1-8-18-19-13-4-9(2-3-20(8)13)14(21)17-12-6-10(15)5-11(16)7-12/h2-7H,1H3,(H,17,21). The lowest BCUT2D eigenvalue weighted by Crippen LogP contribution is -2.12. The molecule has 0 bridgehead atoms. The number of benzene rings is 1. The normalized spacial score (nSPS) is 10.8. The van der Waals surface area contributed by atoms with Gasteiger partial charge in [-0.1, -0.05) is 23.2 Å². The molecule has 0 radical (unpaired) electrons. The molecular weight excluding hydrogens is 311 g/mol. The Kier molecular flexibility index (Phi) is 3.53. The van der Waals surface area contributed by atoms with Gasteiger partial charge < -0.3 is 5.32 Å². The van der Waals surface area contributed by atoms with Crippen molar-refractivity contribution in [3.8, 4) is 0 Å². The highest BCUT2D eigenvalue weighted by atomic mass is 35.5. The average molecular weight is 321 g/mol. The molecule has 0 saturated heterocycles. The minimum Gasteiger partial charge on any atom is -0.322 e. The molecule has 7 heteroatoms. The van der Waals surface area contributed by atoms with Crippen molar-refractivity contribution in [1.82, 2.24) is 14.6 Å². The van der Waals surface area contributed by atoms with E-state index in [1.54, 1.807) is 40.9 Å². The molecule has 0 spiro atoms. The third-order valence-corrected chi connectivity index (χ3v) is 3.40. The van der Waals surface area contributed by atoms with Crippen LogP contribution >= 0.6 is 23.2 Å². The van der Waals surface area contributed by atoms with E-state index in [-0.39, 0.29) is 5.91 Å². The maximum absolute atomic E-state index is 12.2. The van der Waals surface area contributed by atoms with Gasteiger partial charge in [-0.05, 0) is 37.3 Å². The fraction of sp³-hybridized carbons (Fsp3) is 0.0714. The molecule has 0 fully saturated rings. The lowest BCUT2D eigenvalue weighted by molar-refractivity contribution is 0.102. The van der Waals surface area contributed by atoms with Crippen LogP contribution in [0.3, 0.4) is 0 Å². The molecule has 0 aliphatic rings. The van der Waals surface area contributed by atoms with Crippen LogP contribution in [-0.2, 0) is 0 Å². The Morgan fingerprint density at radius 2 is 1.86 bits per heavy atom. The molecule has 1 N–H and O–H groups in total. The fourth-order valence-corrected chi connectivity index (χ4v) is 2.51. The lowest BCUT2D eigenvalue weighted by atomic mass is 10.2. The summed E-state index contributed by atoms with van der Waals surface area (Å²) in [6, 6.07) is 8.23. The zero-order valence-electron chi connectivity index (χ0n) is 11.0. The Balaban J connectivity index is 1.89. The highest BCUT2D eigenvalue weighted by Gasteiger charge is 2.10. The molecule has 0 aliphatic carbocycles. The summed E-state index contributed by atoms with van der Waals surface area (Å²) >= 11 is 11.8. The van der Waals surface area contributed by atoms with Crippen molar-refractivity contribution < 1.29 is 4.79 Å². The number of carbonyl (C=O) groups excluding carboxylic acids is 1. The first-order valence-corrected chi connectivity index (χ1v) is 6.87. The molecule has 1 amide bonds. The summed E-state index contributed by atoms with van der Waals surface area (Å²) in [6.07, 6.45) is 1.75. The second-order valence-corrected chi connectivity index (χ2v) is 5.38. The summed E-state index contributed by atoms with van der Waals surface area (Å²) in [7, 11) is 0. The number of anilines is 1. The van der Waals surface area contributed by atoms with Gasteiger partial charge in [0, 0.05) is 27.5 Å². The Hall–Kier alpha value is -2.11. The number of hydrogen-bond acceptors (Lipinski definition) is 3. The number of nitrogens with zero attached hydrogens (tertiary/aromatic N) is 3. The summed E-state index contributed by atoms with van der Waals surface area (Å²) in [4.78, 5) is 12.2. The van der Waals surface area contributed by atoms with Crippen molar-refractivity contribution >= 4 is 40.4 Å². The first kappa shape index (κ1) is 13.9. The van der Waals surface area contributed by atoms with Crippen molar-refractivity contribution in [2.75, 3.05) is 5.32 Å². The number of hydrogen-bond donors (Lipinski definition) is 1. The molecule has 3 aromatic rings. The van der Waals surface area contributed by atoms with Crippen LogP contribution in [0.5, 0.6) is 0 Å². The van der Waals surface area contributed by atoms with Crippen molar-refractivity contribution in [2.24, 2.45) is 0 Å². The van der Waals surface area contributed by atoms with Crippen LogP contribution < -0.4 is 5.32 Å². The average Bonchev–Trinajstić information content (AvgIpc) is 2.78. The zero-order chi connectivity index (χ0) is 15.0. The molecule has 106 valence electrons. The number of aromatic nitrogens is 3. The van der Waals surface area contributed by atoms with Crippen LogP contribution in [0.2, 0.25) is 10.0 Å². The van der Waals surface area contributed by atoms with Crippen LogP contribution in [0.1, 0.15) is 16.2 Å². The van der Waals surface area contributed by atoms with Crippen molar-refractivity contribution in [3.63, 3.8) is 0 Å². The summed E-state index contributed by atoms with van der Waals surface area (Å²) in [5.74, 6) is 0.495. The quantitative estimate of drug-likeness (QED) is 0.784. The van der Waals surface area contributed by atoms with E-state index in [4.69, 9.17) is 23.2 Å². The van der Waals surface area contributed by atoms with Gasteiger partial charge in [-0.2, -0.15) is 0 Å². The van der Waals surface area contributed by atoms with E-state index in [2.05, 4.69) is 15.5 Å². The Morgan fingerprint density at radius 3 is 2.57 bits per heavy atom. The zero-order valence-corrected chi connectivity index (χ0v) is 12.5. The predicted molar refractivity (Wildman–Crippen MR) is 82.1 cm³/mol. The second kappa shape index (κ2) is 5.35. The summed E-state index contributed by atoms with van der Waals surface area (Å²) in [6.45, 7) is 1.84. The van der Waals surface area contributed by atoms with E-state index in [1.807, 2.05) is 6.92 Å². The third-order valence-electron chi connectivity index (χ3n) is 2.96. The van der Waals surface area contributed by atoms with Crippen LogP contribution in [0, 0.1) is 6.92 Å². The maximum Gasteiger partial charge on any atom is 0.255 e. The molecule has 1 aromatic carbocycles. The first-order chi connectivity index (χ1) is 10.0. The number of nitrogens with one attached hydrogen (secondary N) is 1. The molecular formula is C14H10Cl2N4O. The number of carbonyl (C=O) groups is 1. The molecule has 0 unspecified atom stereocenters. The fourth-order valence-electron chi connectivity index (χ4n) is 1.98. The molecule has 0 atom stereocenters. The van der Waals surface area contributed by atoms with Crippen molar-refractivity contribution in [2.45, 2.75) is 6.92 Å². The highest BCUT2D eigenvalue weighted by Crippen LogP contribution is 2.23. The minimum atomic E-state index is -0.267. The molecule has 0 saturated carbocycles. The first-order valence-electron chi connectivity index (χ1n) is 6.12. The van der Waals surface area contributed by atoms with Crippen molar-refractivity contribution in [3.05, 3.63) is 58.0 Å². The van der Waals surface area contributed by atoms with E-state index < -0.39 is 0 Å². The molecule has 2 heterocycles. The second-order valence-electron chi connectivity index (χ2n) is 4.50. The number of pyridine rings is 1. The Labute approximate surface area is 130 Å².